The summed E-state index contributed by atoms with van der Waals surface area (Å²) in [7, 11) is 2.03. The van der Waals surface area contributed by atoms with Gasteiger partial charge in [0.1, 0.15) is 0 Å². The summed E-state index contributed by atoms with van der Waals surface area (Å²) >= 11 is 0.366. The molecule has 2 aliphatic carbocycles. The molecule has 1 aromatic rings. The van der Waals surface area contributed by atoms with Crippen LogP contribution in [-0.2, 0) is 3.07 Å². The van der Waals surface area contributed by atoms with Crippen LogP contribution < -0.4 is 5.32 Å². The molecule has 1 heterocycles. The monoisotopic (exact) mass is 403 g/mol. The Morgan fingerprint density at radius 1 is 1.30 bits per heavy atom. The van der Waals surface area contributed by atoms with Gasteiger partial charge in [0, 0.05) is 0 Å². The Morgan fingerprint density at radius 3 is 3.05 bits per heavy atom. The Bertz CT molecular complexity index is 507. The average Bonchev–Trinajstić information content (AvgIpc) is 3.13. The van der Waals surface area contributed by atoms with E-state index in [0.29, 0.717) is 0 Å². The first kappa shape index (κ1) is 14.6. The van der Waals surface area contributed by atoms with Crippen LogP contribution in [0.4, 0.5) is 0 Å². The van der Waals surface area contributed by atoms with Gasteiger partial charge >= 0.3 is 133 Å². The summed E-state index contributed by atoms with van der Waals surface area (Å²) in [5, 5.41) is 5.45. The topological polar surface area (TPSA) is 21.3 Å². The number of allylic oxidation sites excluding steroid dienone is 4. The molecule has 0 aliphatic heterocycles. The molecule has 0 amide bonds. The second-order valence-electron chi connectivity index (χ2n) is 5.20. The van der Waals surface area contributed by atoms with E-state index < -0.39 is 20.2 Å². The molecule has 1 aromatic heterocycles. The van der Waals surface area contributed by atoms with Crippen LogP contribution in [0.15, 0.2) is 40.5 Å². The number of rotatable bonds is 6. The second kappa shape index (κ2) is 7.09. The van der Waals surface area contributed by atoms with E-state index in [2.05, 4.69) is 28.9 Å². The molecule has 1 N–H and O–H groups in total. The molecule has 2 aliphatic rings. The van der Waals surface area contributed by atoms with Crippen molar-refractivity contribution in [2.75, 3.05) is 18.0 Å². The van der Waals surface area contributed by atoms with Gasteiger partial charge in [0.05, 0.1) is 0 Å². The van der Waals surface area contributed by atoms with Gasteiger partial charge in [-0.2, -0.15) is 0 Å². The Hall–Kier alpha value is -0.330. The van der Waals surface area contributed by atoms with Crippen molar-refractivity contribution in [1.29, 1.82) is 0 Å². The third kappa shape index (κ3) is 3.46. The van der Waals surface area contributed by atoms with Gasteiger partial charge in [0.15, 0.2) is 0 Å². The van der Waals surface area contributed by atoms with Gasteiger partial charge in [-0.05, 0) is 0 Å². The molecule has 0 atom stereocenters. The van der Waals surface area contributed by atoms with Crippen molar-refractivity contribution in [3.8, 4) is 0 Å². The van der Waals surface area contributed by atoms with Crippen molar-refractivity contribution in [2.45, 2.75) is 32.1 Å². The van der Waals surface area contributed by atoms with E-state index >= 15 is 0 Å². The zero-order valence-corrected chi connectivity index (χ0v) is 14.9. The molecule has 0 fully saturated rings. The van der Waals surface area contributed by atoms with Crippen molar-refractivity contribution in [3.05, 3.63) is 43.4 Å². The van der Waals surface area contributed by atoms with Crippen molar-refractivity contribution in [3.63, 3.8) is 0 Å². The number of halogens is 1. The van der Waals surface area contributed by atoms with Crippen LogP contribution in [0.3, 0.4) is 0 Å². The van der Waals surface area contributed by atoms with E-state index in [-0.39, 0.29) is 0 Å². The summed E-state index contributed by atoms with van der Waals surface area (Å²) in [6.07, 6.45) is 8.67. The Labute approximate surface area is 133 Å². The summed E-state index contributed by atoms with van der Waals surface area (Å²) in [6.45, 7) is 1.06. The zero-order chi connectivity index (χ0) is 13.8. The third-order valence-electron chi connectivity index (χ3n) is 3.79. The standard InChI is InChI=1S/C16H22INOS/c1-18-10-9-17(16-6-3-11-20-16)19-15-8-7-13-4-2-5-14(13)12-15/h3,6,11-12,18H,2,4-5,7-10H2,1H3. The minimum atomic E-state index is -1.50. The van der Waals surface area contributed by atoms with Gasteiger partial charge in [-0.1, -0.05) is 0 Å². The molecule has 0 radical (unpaired) electrons. The van der Waals surface area contributed by atoms with E-state index in [1.54, 1.807) is 11.1 Å². The number of nitrogens with one attached hydrogen (secondary N) is 1. The van der Waals surface area contributed by atoms with Gasteiger partial charge < -0.3 is 0 Å². The molecule has 3 rings (SSSR count). The molecule has 110 valence electrons. The van der Waals surface area contributed by atoms with Crippen LogP contribution in [0, 0.1) is 2.88 Å². The maximum atomic E-state index is 6.50. The fraction of sp³-hybridized carbons (Fsp3) is 0.500. The molecule has 0 saturated carbocycles. The summed E-state index contributed by atoms with van der Waals surface area (Å²) < 4.78 is 9.18. The van der Waals surface area contributed by atoms with Gasteiger partial charge in [0.2, 0.25) is 0 Å². The van der Waals surface area contributed by atoms with Crippen molar-refractivity contribution in [1.82, 2.24) is 5.32 Å². The van der Waals surface area contributed by atoms with E-state index in [1.807, 2.05) is 18.4 Å². The second-order valence-corrected chi connectivity index (χ2v) is 11.4. The molecule has 4 heteroatoms. The van der Waals surface area contributed by atoms with Gasteiger partial charge in [-0.15, -0.1) is 0 Å². The Balaban J connectivity index is 1.70. The van der Waals surface area contributed by atoms with Crippen molar-refractivity contribution in [2.24, 2.45) is 0 Å². The minimum absolute atomic E-state index is 1.06. The first-order valence-electron chi connectivity index (χ1n) is 7.30. The zero-order valence-electron chi connectivity index (χ0n) is 12.0. The number of hydrogen-bond acceptors (Lipinski definition) is 3. The fourth-order valence-electron chi connectivity index (χ4n) is 2.74. The van der Waals surface area contributed by atoms with Crippen LogP contribution >= 0.6 is 31.6 Å². The van der Waals surface area contributed by atoms with Gasteiger partial charge in [0.25, 0.3) is 0 Å². The number of alkyl halides is 1. The normalized spacial score (nSPS) is 18.9. The van der Waals surface area contributed by atoms with Crippen molar-refractivity contribution < 1.29 is 3.07 Å². The van der Waals surface area contributed by atoms with Crippen LogP contribution in [0.5, 0.6) is 0 Å². The fourth-order valence-corrected chi connectivity index (χ4v) is 8.94. The van der Waals surface area contributed by atoms with E-state index in [1.165, 1.54) is 38.8 Å². The van der Waals surface area contributed by atoms with Crippen LogP contribution in [0.2, 0.25) is 0 Å². The quantitative estimate of drug-likeness (QED) is 0.548. The third-order valence-corrected chi connectivity index (χ3v) is 10.5. The molecular formula is C16H22INOS. The summed E-state index contributed by atoms with van der Waals surface area (Å²) in [6, 6.07) is 4.41. The van der Waals surface area contributed by atoms with E-state index in [0.717, 1.165) is 13.0 Å². The molecule has 0 unspecified atom stereocenters. The maximum absolute atomic E-state index is 6.50. The molecule has 0 bridgehead atoms. The first-order valence-corrected chi connectivity index (χ1v) is 11.7. The summed E-state index contributed by atoms with van der Waals surface area (Å²) in [4.78, 5) is 0. The number of hydrogen-bond donors (Lipinski definition) is 1. The first-order chi connectivity index (χ1) is 9.86. The SMILES string of the molecule is CNCCI(OC1=CC2=C(CCC2)CC1)c1cccs1. The average molecular weight is 403 g/mol. The van der Waals surface area contributed by atoms with Gasteiger partial charge in [-0.25, -0.2) is 0 Å². The Morgan fingerprint density at radius 2 is 2.25 bits per heavy atom. The summed E-state index contributed by atoms with van der Waals surface area (Å²) in [5.74, 6) is 1.26. The molecule has 2 nitrogen and oxygen atoms in total. The number of thiophene rings is 1. The summed E-state index contributed by atoms with van der Waals surface area (Å²) in [5.41, 5.74) is 3.28. The molecule has 20 heavy (non-hydrogen) atoms. The van der Waals surface area contributed by atoms with Crippen LogP contribution in [0.1, 0.15) is 32.1 Å². The van der Waals surface area contributed by atoms with Crippen molar-refractivity contribution >= 4 is 31.6 Å². The predicted molar refractivity (Wildman–Crippen MR) is 95.1 cm³/mol. The van der Waals surface area contributed by atoms with Crippen LogP contribution in [-0.4, -0.2) is 18.0 Å². The molecule has 0 aromatic carbocycles. The molecule has 0 spiro atoms. The predicted octanol–water partition coefficient (Wildman–Crippen LogP) is 4.73. The molecular weight excluding hydrogens is 381 g/mol. The van der Waals surface area contributed by atoms with E-state index in [4.69, 9.17) is 3.07 Å². The Kier molecular flexibility index (Phi) is 5.18. The van der Waals surface area contributed by atoms with Gasteiger partial charge in [-0.3, -0.25) is 0 Å². The molecule has 0 saturated heterocycles. The van der Waals surface area contributed by atoms with Crippen LogP contribution in [0.25, 0.3) is 0 Å². The van der Waals surface area contributed by atoms with E-state index in [9.17, 15) is 0 Å².